The van der Waals surface area contributed by atoms with Crippen molar-refractivity contribution < 1.29 is 26.7 Å². The maximum absolute atomic E-state index is 13.5. The third-order valence-corrected chi connectivity index (χ3v) is 5.65. The molecule has 1 heterocycles. The third-order valence-electron chi connectivity index (χ3n) is 4.33. The Morgan fingerprint density at radius 3 is 2.83 bits per heavy atom. The van der Waals surface area contributed by atoms with Gasteiger partial charge in [-0.25, -0.2) is 21.9 Å². The molecular formula is C19H30F2N4O4S. The van der Waals surface area contributed by atoms with Gasteiger partial charge in [-0.3, -0.25) is 4.99 Å². The molecule has 11 heteroatoms. The van der Waals surface area contributed by atoms with Crippen LogP contribution in [0.4, 0.5) is 8.78 Å². The third kappa shape index (κ3) is 9.23. The quantitative estimate of drug-likeness (QED) is 0.269. The molecule has 1 aliphatic rings. The second-order valence-electron chi connectivity index (χ2n) is 6.77. The van der Waals surface area contributed by atoms with Gasteiger partial charge in [0.25, 0.3) is 0 Å². The number of sulfonamides is 1. The molecule has 8 nitrogen and oxygen atoms in total. The molecule has 1 aliphatic heterocycles. The van der Waals surface area contributed by atoms with Crippen LogP contribution >= 0.6 is 0 Å². The van der Waals surface area contributed by atoms with Crippen LogP contribution < -0.4 is 20.1 Å². The first-order valence-electron chi connectivity index (χ1n) is 10.1. The molecule has 3 N–H and O–H groups in total. The minimum Gasteiger partial charge on any atom is -0.489 e. The van der Waals surface area contributed by atoms with E-state index in [1.54, 1.807) is 0 Å². The summed E-state index contributed by atoms with van der Waals surface area (Å²) in [4.78, 5) is 4.23. The molecule has 2 rings (SSSR count). The monoisotopic (exact) mass is 448 g/mol. The molecule has 1 atom stereocenters. The predicted molar refractivity (Wildman–Crippen MR) is 111 cm³/mol. The van der Waals surface area contributed by atoms with Crippen molar-refractivity contribution in [2.75, 3.05) is 45.1 Å². The topological polar surface area (TPSA) is 101 Å². The van der Waals surface area contributed by atoms with Crippen molar-refractivity contribution in [1.82, 2.24) is 15.4 Å². The Hall–Kier alpha value is -1.98. The summed E-state index contributed by atoms with van der Waals surface area (Å²) in [7, 11) is -3.45. The average Bonchev–Trinajstić information content (AvgIpc) is 2.71. The standard InChI is InChI=1S/C19H30F2N4O4S/c1-2-22-19(23-8-11-29-18-7-6-15(20)13-17(18)21)24-9-12-30(26,27)25-14-16-5-3-4-10-28-16/h6-7,13,16,25H,2-5,8-12,14H2,1H3,(H2,22,23,24). The lowest BCUT2D eigenvalue weighted by molar-refractivity contribution is 0.0200. The lowest BCUT2D eigenvalue weighted by Crippen LogP contribution is -2.40. The maximum atomic E-state index is 13.5. The van der Waals surface area contributed by atoms with Gasteiger partial charge in [0, 0.05) is 25.8 Å². The number of ether oxygens (including phenoxy) is 2. The number of benzene rings is 1. The molecule has 1 fully saturated rings. The SMILES string of the molecule is CCNC(=NCCS(=O)(=O)NCC1CCCCO1)NCCOc1ccc(F)cc1F. The molecular weight excluding hydrogens is 418 g/mol. The van der Waals surface area contributed by atoms with Gasteiger partial charge in [0.1, 0.15) is 12.4 Å². The zero-order chi connectivity index (χ0) is 21.8. The molecule has 0 aliphatic carbocycles. The number of hydrogen-bond donors (Lipinski definition) is 3. The summed E-state index contributed by atoms with van der Waals surface area (Å²) in [5, 5.41) is 5.97. The Labute approximate surface area is 176 Å². The summed E-state index contributed by atoms with van der Waals surface area (Å²) in [6, 6.07) is 3.09. The second-order valence-corrected chi connectivity index (χ2v) is 8.69. The average molecular weight is 449 g/mol. The Kier molecular flexibility index (Phi) is 10.2. The van der Waals surface area contributed by atoms with Crippen LogP contribution in [-0.2, 0) is 14.8 Å². The predicted octanol–water partition coefficient (Wildman–Crippen LogP) is 1.39. The van der Waals surface area contributed by atoms with Crippen LogP contribution in [0.3, 0.4) is 0 Å². The molecule has 0 aromatic heterocycles. The largest absolute Gasteiger partial charge is 0.489 e. The van der Waals surface area contributed by atoms with Crippen molar-refractivity contribution in [1.29, 1.82) is 0 Å². The summed E-state index contributed by atoms with van der Waals surface area (Å²) in [5.41, 5.74) is 0. The highest BCUT2D eigenvalue weighted by Gasteiger charge is 2.17. The number of rotatable bonds is 11. The van der Waals surface area contributed by atoms with E-state index in [-0.39, 0.29) is 37.3 Å². The first kappa shape index (κ1) is 24.3. The fourth-order valence-corrected chi connectivity index (χ4v) is 3.72. The van der Waals surface area contributed by atoms with E-state index in [0.29, 0.717) is 25.7 Å². The van der Waals surface area contributed by atoms with Gasteiger partial charge in [0.05, 0.1) is 24.9 Å². The van der Waals surface area contributed by atoms with Crippen LogP contribution in [0.25, 0.3) is 0 Å². The van der Waals surface area contributed by atoms with E-state index in [1.807, 2.05) is 6.92 Å². The van der Waals surface area contributed by atoms with Gasteiger partial charge in [0.15, 0.2) is 17.5 Å². The molecule has 0 amide bonds. The highest BCUT2D eigenvalue weighted by molar-refractivity contribution is 7.89. The van der Waals surface area contributed by atoms with E-state index in [9.17, 15) is 17.2 Å². The lowest BCUT2D eigenvalue weighted by Gasteiger charge is -2.22. The fourth-order valence-electron chi connectivity index (χ4n) is 2.80. The Morgan fingerprint density at radius 1 is 1.30 bits per heavy atom. The molecule has 1 unspecified atom stereocenters. The summed E-state index contributed by atoms with van der Waals surface area (Å²) >= 11 is 0. The van der Waals surface area contributed by atoms with Crippen molar-refractivity contribution in [3.8, 4) is 5.75 Å². The highest BCUT2D eigenvalue weighted by atomic mass is 32.2. The number of nitrogens with zero attached hydrogens (tertiary/aromatic N) is 1. The summed E-state index contributed by atoms with van der Waals surface area (Å²) in [5.74, 6) is -1.21. The van der Waals surface area contributed by atoms with E-state index in [1.165, 1.54) is 6.07 Å². The highest BCUT2D eigenvalue weighted by Crippen LogP contribution is 2.17. The van der Waals surface area contributed by atoms with Crippen molar-refractivity contribution in [2.45, 2.75) is 32.3 Å². The van der Waals surface area contributed by atoms with Crippen LogP contribution in [-0.4, -0.2) is 65.6 Å². The molecule has 1 aromatic carbocycles. The van der Waals surface area contributed by atoms with Crippen LogP contribution in [0.5, 0.6) is 5.75 Å². The number of guanidine groups is 1. The Bertz CT molecular complexity index is 787. The maximum Gasteiger partial charge on any atom is 0.213 e. The minimum absolute atomic E-state index is 0.0424. The summed E-state index contributed by atoms with van der Waals surface area (Å²) < 4.78 is 64.0. The zero-order valence-electron chi connectivity index (χ0n) is 17.1. The molecule has 0 bridgehead atoms. The van der Waals surface area contributed by atoms with E-state index >= 15 is 0 Å². The molecule has 0 saturated carbocycles. The van der Waals surface area contributed by atoms with E-state index in [2.05, 4.69) is 20.3 Å². The zero-order valence-corrected chi connectivity index (χ0v) is 17.9. The van der Waals surface area contributed by atoms with Crippen molar-refractivity contribution in [3.05, 3.63) is 29.8 Å². The van der Waals surface area contributed by atoms with Crippen LogP contribution in [0.2, 0.25) is 0 Å². The first-order valence-corrected chi connectivity index (χ1v) is 11.7. The number of hydrogen-bond acceptors (Lipinski definition) is 5. The van der Waals surface area contributed by atoms with Crippen LogP contribution in [0.15, 0.2) is 23.2 Å². The lowest BCUT2D eigenvalue weighted by atomic mass is 10.1. The minimum atomic E-state index is -3.45. The van der Waals surface area contributed by atoms with Gasteiger partial charge in [-0.2, -0.15) is 0 Å². The van der Waals surface area contributed by atoms with Gasteiger partial charge in [0.2, 0.25) is 10.0 Å². The normalized spacial score (nSPS) is 17.6. The molecule has 0 spiro atoms. The van der Waals surface area contributed by atoms with E-state index in [4.69, 9.17) is 9.47 Å². The van der Waals surface area contributed by atoms with Gasteiger partial charge < -0.3 is 20.1 Å². The van der Waals surface area contributed by atoms with E-state index in [0.717, 1.165) is 31.4 Å². The van der Waals surface area contributed by atoms with Gasteiger partial charge in [-0.05, 0) is 38.3 Å². The van der Waals surface area contributed by atoms with Crippen molar-refractivity contribution in [3.63, 3.8) is 0 Å². The molecule has 0 radical (unpaired) electrons. The van der Waals surface area contributed by atoms with Crippen LogP contribution in [0.1, 0.15) is 26.2 Å². The molecule has 170 valence electrons. The number of aliphatic imine (C=N–C) groups is 1. The first-order chi connectivity index (χ1) is 14.4. The number of nitrogens with one attached hydrogen (secondary N) is 3. The fraction of sp³-hybridized carbons (Fsp3) is 0.632. The van der Waals surface area contributed by atoms with Gasteiger partial charge in [-0.15, -0.1) is 0 Å². The van der Waals surface area contributed by atoms with E-state index < -0.39 is 21.7 Å². The second kappa shape index (κ2) is 12.7. The summed E-state index contributed by atoms with van der Waals surface area (Å²) in [6.45, 7) is 3.91. The molecule has 30 heavy (non-hydrogen) atoms. The van der Waals surface area contributed by atoms with Gasteiger partial charge >= 0.3 is 0 Å². The van der Waals surface area contributed by atoms with Crippen molar-refractivity contribution in [2.24, 2.45) is 4.99 Å². The van der Waals surface area contributed by atoms with Crippen molar-refractivity contribution >= 4 is 16.0 Å². The molecule has 1 saturated heterocycles. The molecule has 1 aromatic rings. The van der Waals surface area contributed by atoms with Crippen LogP contribution in [0, 0.1) is 11.6 Å². The number of halogens is 2. The Balaban J connectivity index is 1.71. The Morgan fingerprint density at radius 2 is 2.13 bits per heavy atom. The van der Waals surface area contributed by atoms with Gasteiger partial charge in [-0.1, -0.05) is 0 Å². The smallest absolute Gasteiger partial charge is 0.213 e. The summed E-state index contributed by atoms with van der Waals surface area (Å²) in [6.07, 6.45) is 2.86.